The number of carbonyl (C=O) groups excluding carboxylic acids is 1. The van der Waals surface area contributed by atoms with Crippen LogP contribution in [0.1, 0.15) is 25.7 Å². The molecule has 3 rings (SSSR count). The molecule has 1 heterocycles. The van der Waals surface area contributed by atoms with Gasteiger partial charge in [0.15, 0.2) is 0 Å². The van der Waals surface area contributed by atoms with Crippen LogP contribution in [0.15, 0.2) is 18.2 Å². The van der Waals surface area contributed by atoms with Crippen molar-refractivity contribution in [2.45, 2.75) is 37.6 Å². The van der Waals surface area contributed by atoms with Gasteiger partial charge in [-0.3, -0.25) is 4.79 Å². The molecular weight excluding hydrogens is 300 g/mol. The molecule has 1 amide bonds. The minimum Gasteiger partial charge on any atom is -0.328 e. The summed E-state index contributed by atoms with van der Waals surface area (Å²) in [5, 5.41) is 0. The average Bonchev–Trinajstić information content (AvgIpc) is 2.59. The number of carbonyl (C=O) groups is 1. The minimum absolute atomic E-state index is 0.0425. The molecule has 7 heteroatoms. The van der Waals surface area contributed by atoms with E-state index < -0.39 is 41.5 Å². The Morgan fingerprint density at radius 1 is 1.18 bits per heavy atom. The van der Waals surface area contributed by atoms with E-state index in [1.807, 2.05) is 0 Å². The first-order chi connectivity index (χ1) is 10.2. The lowest BCUT2D eigenvalue weighted by Crippen LogP contribution is -2.49. The molecule has 1 aromatic rings. The summed E-state index contributed by atoms with van der Waals surface area (Å²) in [6, 6.07) is 1.94. The van der Waals surface area contributed by atoms with Crippen LogP contribution in [0.25, 0.3) is 0 Å². The number of nitrogens with zero attached hydrogens (tertiary/aromatic N) is 1. The van der Waals surface area contributed by atoms with Gasteiger partial charge in [0.05, 0.1) is 6.54 Å². The predicted octanol–water partition coefficient (Wildman–Crippen LogP) is 2.83. The lowest BCUT2D eigenvalue weighted by molar-refractivity contribution is -0.149. The molecule has 1 aliphatic carbocycles. The molecule has 2 N–H and O–H groups in total. The minimum atomic E-state index is -3.27. The molecule has 2 atom stereocenters. The van der Waals surface area contributed by atoms with Gasteiger partial charge in [0.1, 0.15) is 17.0 Å². The van der Waals surface area contributed by atoms with Crippen molar-refractivity contribution in [3.63, 3.8) is 0 Å². The molecule has 1 saturated heterocycles. The molecule has 2 unspecified atom stereocenters. The maximum Gasteiger partial charge on any atom is 0.280 e. The van der Waals surface area contributed by atoms with Gasteiger partial charge in [-0.25, -0.2) is 17.6 Å². The molecule has 0 radical (unpaired) electrons. The first kappa shape index (κ1) is 15.3. The molecule has 2 fully saturated rings. The van der Waals surface area contributed by atoms with Crippen molar-refractivity contribution in [2.75, 3.05) is 11.4 Å². The van der Waals surface area contributed by atoms with Crippen LogP contribution in [0.4, 0.5) is 23.2 Å². The number of anilines is 1. The van der Waals surface area contributed by atoms with E-state index in [2.05, 4.69) is 0 Å². The van der Waals surface area contributed by atoms with Gasteiger partial charge in [-0.05, 0) is 31.4 Å². The van der Waals surface area contributed by atoms with Gasteiger partial charge in [0, 0.05) is 17.8 Å². The highest BCUT2D eigenvalue weighted by Crippen LogP contribution is 2.54. The molecule has 1 spiro atoms. The lowest BCUT2D eigenvalue weighted by Gasteiger charge is -2.38. The molecule has 3 nitrogen and oxygen atoms in total. The van der Waals surface area contributed by atoms with Gasteiger partial charge in [0.25, 0.3) is 5.92 Å². The van der Waals surface area contributed by atoms with Crippen LogP contribution in [0.3, 0.4) is 0 Å². The smallest absolute Gasteiger partial charge is 0.280 e. The van der Waals surface area contributed by atoms with Gasteiger partial charge in [-0.1, -0.05) is 6.42 Å². The zero-order valence-corrected chi connectivity index (χ0v) is 11.8. The first-order valence-electron chi connectivity index (χ1n) is 7.17. The monoisotopic (exact) mass is 316 g/mol. The fourth-order valence-corrected chi connectivity index (χ4v) is 3.58. The summed E-state index contributed by atoms with van der Waals surface area (Å²) in [5.74, 6) is -5.89. The number of benzene rings is 1. The predicted molar refractivity (Wildman–Crippen MR) is 72.5 cm³/mol. The van der Waals surface area contributed by atoms with E-state index in [0.29, 0.717) is 18.9 Å². The molecule has 1 saturated carbocycles. The van der Waals surface area contributed by atoms with Crippen molar-refractivity contribution < 1.29 is 22.4 Å². The Labute approximate surface area is 125 Å². The first-order valence-corrected chi connectivity index (χ1v) is 7.17. The van der Waals surface area contributed by atoms with Crippen LogP contribution >= 0.6 is 0 Å². The van der Waals surface area contributed by atoms with Crippen LogP contribution < -0.4 is 10.6 Å². The van der Waals surface area contributed by atoms with Crippen molar-refractivity contribution in [3.05, 3.63) is 29.8 Å². The topological polar surface area (TPSA) is 46.3 Å². The summed E-state index contributed by atoms with van der Waals surface area (Å²) in [6.07, 6.45) is 0.974. The standard InChI is InChI=1S/C15H16F4N2O/c16-9-4-10(17)6-12(5-9)21-8-15(18,19)14(13(21)22)3-1-2-11(20)7-14/h4-6,11H,1-3,7-8,20H2. The van der Waals surface area contributed by atoms with Crippen LogP contribution in [0, 0.1) is 17.0 Å². The van der Waals surface area contributed by atoms with Crippen molar-refractivity contribution in [1.29, 1.82) is 0 Å². The highest BCUT2D eigenvalue weighted by atomic mass is 19.3. The molecule has 1 aromatic carbocycles. The molecule has 120 valence electrons. The number of halogens is 4. The molecule has 1 aliphatic heterocycles. The van der Waals surface area contributed by atoms with E-state index in [1.54, 1.807) is 0 Å². The number of hydrogen-bond donors (Lipinski definition) is 1. The Kier molecular flexibility index (Phi) is 3.43. The summed E-state index contributed by atoms with van der Waals surface area (Å²) < 4.78 is 55.7. The summed E-state index contributed by atoms with van der Waals surface area (Å²) in [4.78, 5) is 13.4. The summed E-state index contributed by atoms with van der Waals surface area (Å²) in [5.41, 5.74) is 3.74. The second-order valence-electron chi connectivity index (χ2n) is 6.16. The third-order valence-electron chi connectivity index (χ3n) is 4.66. The van der Waals surface area contributed by atoms with E-state index in [0.717, 1.165) is 17.0 Å². The zero-order chi connectivity index (χ0) is 16.1. The van der Waals surface area contributed by atoms with Crippen LogP contribution in [-0.2, 0) is 4.79 Å². The maximum absolute atomic E-state index is 14.5. The van der Waals surface area contributed by atoms with Crippen molar-refractivity contribution in [3.8, 4) is 0 Å². The fraction of sp³-hybridized carbons (Fsp3) is 0.533. The summed E-state index contributed by atoms with van der Waals surface area (Å²) in [6.45, 7) is -0.874. The van der Waals surface area contributed by atoms with Crippen LogP contribution in [0.2, 0.25) is 0 Å². The van der Waals surface area contributed by atoms with Gasteiger partial charge in [0.2, 0.25) is 5.91 Å². The third-order valence-corrected chi connectivity index (χ3v) is 4.66. The normalized spacial score (nSPS) is 31.0. The van der Waals surface area contributed by atoms with Gasteiger partial charge in [-0.15, -0.1) is 0 Å². The van der Waals surface area contributed by atoms with E-state index in [1.165, 1.54) is 0 Å². The molecule has 2 aliphatic rings. The quantitative estimate of drug-likeness (QED) is 0.810. The van der Waals surface area contributed by atoms with E-state index >= 15 is 0 Å². The summed E-state index contributed by atoms with van der Waals surface area (Å²) >= 11 is 0. The molecule has 22 heavy (non-hydrogen) atoms. The highest BCUT2D eigenvalue weighted by Gasteiger charge is 2.66. The van der Waals surface area contributed by atoms with Crippen molar-refractivity contribution in [1.82, 2.24) is 0 Å². The maximum atomic E-state index is 14.5. The Balaban J connectivity index is 2.01. The Morgan fingerprint density at radius 2 is 1.82 bits per heavy atom. The van der Waals surface area contributed by atoms with E-state index in [-0.39, 0.29) is 18.5 Å². The third kappa shape index (κ3) is 2.18. The fourth-order valence-electron chi connectivity index (χ4n) is 3.58. The van der Waals surface area contributed by atoms with Crippen LogP contribution in [0.5, 0.6) is 0 Å². The molecule has 0 aromatic heterocycles. The zero-order valence-electron chi connectivity index (χ0n) is 11.8. The van der Waals surface area contributed by atoms with Gasteiger partial charge >= 0.3 is 0 Å². The van der Waals surface area contributed by atoms with E-state index in [4.69, 9.17) is 5.73 Å². The lowest BCUT2D eigenvalue weighted by atomic mass is 9.69. The van der Waals surface area contributed by atoms with E-state index in [9.17, 15) is 22.4 Å². The number of rotatable bonds is 1. The highest BCUT2D eigenvalue weighted by molar-refractivity contribution is 6.01. The summed E-state index contributed by atoms with van der Waals surface area (Å²) in [7, 11) is 0. The molecular formula is C15H16F4N2O. The Bertz CT molecular complexity index is 601. The Morgan fingerprint density at radius 3 is 2.41 bits per heavy atom. The van der Waals surface area contributed by atoms with Crippen molar-refractivity contribution in [2.24, 2.45) is 11.1 Å². The number of hydrogen-bond acceptors (Lipinski definition) is 2. The number of alkyl halides is 2. The second kappa shape index (κ2) is 4.94. The van der Waals surface area contributed by atoms with Crippen molar-refractivity contribution >= 4 is 11.6 Å². The van der Waals surface area contributed by atoms with Gasteiger partial charge < -0.3 is 10.6 Å². The SMILES string of the molecule is NC1CCCC2(C1)C(=O)N(c1cc(F)cc(F)c1)CC2(F)F. The Hall–Kier alpha value is -1.63. The van der Waals surface area contributed by atoms with Crippen LogP contribution in [-0.4, -0.2) is 24.4 Å². The molecule has 0 bridgehead atoms. The number of amides is 1. The van der Waals surface area contributed by atoms with Gasteiger partial charge in [-0.2, -0.15) is 0 Å². The number of nitrogens with two attached hydrogens (primary N) is 1. The average molecular weight is 316 g/mol. The largest absolute Gasteiger partial charge is 0.328 e. The second-order valence-corrected chi connectivity index (χ2v) is 6.16.